The number of aromatic nitrogens is 2. The zero-order valence-electron chi connectivity index (χ0n) is 13.5. The molecule has 24 heavy (non-hydrogen) atoms. The molecule has 0 bridgehead atoms. The third kappa shape index (κ3) is 3.94. The highest BCUT2D eigenvalue weighted by atomic mass is 35.5. The van der Waals surface area contributed by atoms with E-state index in [1.807, 2.05) is 0 Å². The van der Waals surface area contributed by atoms with Crippen molar-refractivity contribution in [2.75, 3.05) is 5.75 Å². The fraction of sp³-hybridized carbons (Fsp3) is 0.571. The molecule has 1 aliphatic rings. The van der Waals surface area contributed by atoms with Gasteiger partial charge in [-0.3, -0.25) is 4.68 Å². The number of alkyl halides is 2. The molecule has 2 rings (SSSR count). The second-order valence-corrected chi connectivity index (χ2v) is 8.29. The lowest BCUT2D eigenvalue weighted by atomic mass is 10.1. The predicted molar refractivity (Wildman–Crippen MR) is 87.9 cm³/mol. The Hall–Kier alpha value is -1.48. The average Bonchev–Trinajstić information content (AvgIpc) is 3.00. The first-order valence-corrected chi connectivity index (χ1v) is 9.29. The van der Waals surface area contributed by atoms with Gasteiger partial charge in [0.25, 0.3) is 6.43 Å². The molecule has 1 aromatic rings. The van der Waals surface area contributed by atoms with Crippen molar-refractivity contribution in [3.63, 3.8) is 0 Å². The van der Waals surface area contributed by atoms with Crippen LogP contribution in [0.4, 0.5) is 8.78 Å². The van der Waals surface area contributed by atoms with Gasteiger partial charge in [-0.2, -0.15) is 5.10 Å². The van der Waals surface area contributed by atoms with E-state index in [0.29, 0.717) is 6.54 Å². The Kier molecular flexibility index (Phi) is 5.34. The molecular weight excluding hydrogens is 364 g/mol. The van der Waals surface area contributed by atoms with Crippen molar-refractivity contribution in [2.24, 2.45) is 5.16 Å². The molecule has 0 atom stereocenters. The summed E-state index contributed by atoms with van der Waals surface area (Å²) < 4.78 is 51.7. The fourth-order valence-electron chi connectivity index (χ4n) is 2.16. The van der Waals surface area contributed by atoms with Crippen molar-refractivity contribution in [2.45, 2.75) is 45.8 Å². The Morgan fingerprint density at radius 3 is 2.62 bits per heavy atom. The molecule has 0 saturated heterocycles. The minimum Gasteiger partial charge on any atom is -0.389 e. The van der Waals surface area contributed by atoms with Crippen molar-refractivity contribution in [1.82, 2.24) is 9.78 Å². The molecule has 134 valence electrons. The maximum absolute atomic E-state index is 13.0. The minimum atomic E-state index is -3.67. The highest BCUT2D eigenvalue weighted by Gasteiger charge is 2.35. The largest absolute Gasteiger partial charge is 0.389 e. The van der Waals surface area contributed by atoms with Gasteiger partial charge in [-0.1, -0.05) is 28.9 Å². The van der Waals surface area contributed by atoms with Crippen LogP contribution < -0.4 is 0 Å². The number of aryl methyl sites for hydroxylation is 1. The Morgan fingerprint density at radius 1 is 1.46 bits per heavy atom. The van der Waals surface area contributed by atoms with E-state index in [1.54, 1.807) is 20.8 Å². The van der Waals surface area contributed by atoms with Crippen LogP contribution >= 0.6 is 11.6 Å². The highest BCUT2D eigenvalue weighted by Crippen LogP contribution is 2.29. The first-order valence-electron chi connectivity index (χ1n) is 7.26. The van der Waals surface area contributed by atoms with Crippen LogP contribution in [0.5, 0.6) is 0 Å². The molecule has 0 amide bonds. The van der Waals surface area contributed by atoms with Gasteiger partial charge in [0.15, 0.2) is 14.9 Å². The van der Waals surface area contributed by atoms with E-state index >= 15 is 0 Å². The van der Waals surface area contributed by atoms with E-state index in [-0.39, 0.29) is 27.9 Å². The second kappa shape index (κ2) is 6.79. The quantitative estimate of drug-likeness (QED) is 0.783. The van der Waals surface area contributed by atoms with Gasteiger partial charge in [-0.05, 0) is 20.8 Å². The van der Waals surface area contributed by atoms with Crippen LogP contribution in [-0.2, 0) is 21.2 Å². The summed E-state index contributed by atoms with van der Waals surface area (Å²) in [5, 5.41) is 7.32. The van der Waals surface area contributed by atoms with Gasteiger partial charge in [0.1, 0.15) is 16.4 Å². The van der Waals surface area contributed by atoms with Gasteiger partial charge in [0.05, 0.1) is 5.75 Å². The molecule has 1 aromatic heterocycles. The summed E-state index contributed by atoms with van der Waals surface area (Å²) in [6.45, 7) is 5.49. The third-order valence-electron chi connectivity index (χ3n) is 3.39. The van der Waals surface area contributed by atoms with Crippen LogP contribution in [0, 0.1) is 0 Å². The van der Waals surface area contributed by atoms with Gasteiger partial charge in [0.2, 0.25) is 0 Å². The molecular formula is C14H18ClF2N3O3S. The molecule has 0 aromatic carbocycles. The van der Waals surface area contributed by atoms with E-state index < -0.39 is 27.6 Å². The lowest BCUT2D eigenvalue weighted by Gasteiger charge is -2.12. The van der Waals surface area contributed by atoms with Gasteiger partial charge >= 0.3 is 0 Å². The summed E-state index contributed by atoms with van der Waals surface area (Å²) >= 11 is 6.01. The van der Waals surface area contributed by atoms with Crippen LogP contribution in [0.15, 0.2) is 11.2 Å². The summed E-state index contributed by atoms with van der Waals surface area (Å²) in [5.74, 6) is -0.387. The van der Waals surface area contributed by atoms with Crippen LogP contribution in [0.1, 0.15) is 44.9 Å². The van der Waals surface area contributed by atoms with Crippen LogP contribution in [0.25, 0.3) is 6.08 Å². The molecule has 0 saturated carbocycles. The van der Waals surface area contributed by atoms with Crippen molar-refractivity contribution in [3.05, 3.63) is 22.5 Å². The fourth-order valence-corrected chi connectivity index (χ4v) is 3.73. The monoisotopic (exact) mass is 381 g/mol. The highest BCUT2D eigenvalue weighted by molar-refractivity contribution is 8.06. The summed E-state index contributed by atoms with van der Waals surface area (Å²) in [5.41, 5.74) is -1.12. The summed E-state index contributed by atoms with van der Waals surface area (Å²) in [4.78, 5) is 5.04. The van der Waals surface area contributed by atoms with E-state index in [0.717, 1.165) is 0 Å². The number of sulfone groups is 1. The second-order valence-electron chi connectivity index (χ2n) is 5.90. The molecule has 0 spiro atoms. The van der Waals surface area contributed by atoms with E-state index in [9.17, 15) is 17.2 Å². The normalized spacial score (nSPS) is 17.5. The minimum absolute atomic E-state index is 0.0219. The number of halogens is 3. The average molecular weight is 382 g/mol. The van der Waals surface area contributed by atoms with Gasteiger partial charge in [0, 0.05) is 18.5 Å². The molecule has 6 nitrogen and oxygen atoms in total. The molecule has 0 unspecified atom stereocenters. The van der Waals surface area contributed by atoms with Crippen molar-refractivity contribution >= 4 is 32.6 Å². The van der Waals surface area contributed by atoms with E-state index in [1.165, 1.54) is 16.8 Å². The summed E-state index contributed by atoms with van der Waals surface area (Å²) in [6.07, 6.45) is -0.125. The molecule has 0 aliphatic carbocycles. The number of hydrogen-bond donors (Lipinski definition) is 0. The van der Waals surface area contributed by atoms with E-state index in [2.05, 4.69) is 10.3 Å². The number of hydrogen-bond acceptors (Lipinski definition) is 5. The van der Waals surface area contributed by atoms with Crippen molar-refractivity contribution in [1.29, 1.82) is 0 Å². The van der Waals surface area contributed by atoms with Crippen LogP contribution in [0.2, 0.25) is 5.15 Å². The zero-order valence-corrected chi connectivity index (χ0v) is 15.0. The lowest BCUT2D eigenvalue weighted by molar-refractivity contribution is 0.0123. The first kappa shape index (κ1) is 18.9. The topological polar surface area (TPSA) is 73.5 Å². The van der Waals surface area contributed by atoms with E-state index in [4.69, 9.17) is 16.4 Å². The number of nitrogens with zero attached hydrogens (tertiary/aromatic N) is 3. The molecule has 1 aliphatic heterocycles. The van der Waals surface area contributed by atoms with Gasteiger partial charge in [-0.15, -0.1) is 0 Å². The zero-order chi connectivity index (χ0) is 18.1. The Balaban J connectivity index is 2.19. The maximum Gasteiger partial charge on any atom is 0.282 e. The SMILES string of the molecule is CCn1nc(C(F)F)c(C=CCS(=O)(=O)C2=NOC(C)(C)C2)c1Cl. The standard InChI is InChI=1S/C14H18ClF2N3O3S/c1-4-20-12(15)9(11(18-20)13(16)17)6-5-7-24(21,22)10-8-14(2,3)23-19-10/h5-6,13H,4,7-8H2,1-3H3. The number of rotatable bonds is 5. The molecule has 0 radical (unpaired) electrons. The molecule has 10 heteroatoms. The number of oxime groups is 1. The van der Waals surface area contributed by atoms with Crippen molar-refractivity contribution in [3.8, 4) is 0 Å². The molecule has 0 N–H and O–H groups in total. The van der Waals surface area contributed by atoms with Crippen LogP contribution in [0.3, 0.4) is 0 Å². The Labute approximate surface area is 144 Å². The Bertz CT molecular complexity index is 785. The lowest BCUT2D eigenvalue weighted by Crippen LogP contribution is -2.23. The van der Waals surface area contributed by atoms with Gasteiger partial charge < -0.3 is 4.84 Å². The van der Waals surface area contributed by atoms with Crippen molar-refractivity contribution < 1.29 is 22.0 Å². The third-order valence-corrected chi connectivity index (χ3v) is 5.36. The summed E-state index contributed by atoms with van der Waals surface area (Å²) in [6, 6.07) is 0. The first-order chi connectivity index (χ1) is 11.1. The van der Waals surface area contributed by atoms with Crippen LogP contribution in [-0.4, -0.2) is 34.6 Å². The summed E-state index contributed by atoms with van der Waals surface area (Å²) in [7, 11) is -3.67. The van der Waals surface area contributed by atoms with Gasteiger partial charge in [-0.25, -0.2) is 17.2 Å². The predicted octanol–water partition coefficient (Wildman–Crippen LogP) is 3.43. The smallest absolute Gasteiger partial charge is 0.282 e. The Morgan fingerprint density at radius 2 is 2.12 bits per heavy atom. The molecule has 0 fully saturated rings. The molecule has 2 heterocycles. The maximum atomic E-state index is 13.0.